The molecule has 0 aliphatic carbocycles. The number of nitrogens with one attached hydrogen (secondary N) is 1. The summed E-state index contributed by atoms with van der Waals surface area (Å²) in [6, 6.07) is 14.8. The van der Waals surface area contributed by atoms with Crippen molar-refractivity contribution in [1.29, 1.82) is 0 Å². The number of hydrogen-bond acceptors (Lipinski definition) is 2. The number of aryl methyl sites for hydroxylation is 1. The van der Waals surface area contributed by atoms with Gasteiger partial charge in [0.1, 0.15) is 6.04 Å². The first-order valence-electron chi connectivity index (χ1n) is 8.72. The van der Waals surface area contributed by atoms with E-state index in [0.717, 1.165) is 16.8 Å². The first-order valence-corrected chi connectivity index (χ1v) is 8.72. The topological polar surface area (TPSA) is 49.4 Å². The molecule has 4 nitrogen and oxygen atoms in total. The van der Waals surface area contributed by atoms with Gasteiger partial charge in [0.2, 0.25) is 5.91 Å². The molecule has 0 fully saturated rings. The van der Waals surface area contributed by atoms with Gasteiger partial charge in [-0.1, -0.05) is 50.2 Å². The van der Waals surface area contributed by atoms with E-state index in [1.54, 1.807) is 4.90 Å². The van der Waals surface area contributed by atoms with E-state index in [0.29, 0.717) is 24.4 Å². The molecule has 0 aromatic heterocycles. The monoisotopic (exact) mass is 336 g/mol. The molecule has 0 unspecified atom stereocenters. The van der Waals surface area contributed by atoms with Crippen molar-refractivity contribution in [2.45, 2.75) is 39.8 Å². The Hall–Kier alpha value is -2.62. The van der Waals surface area contributed by atoms with Crippen LogP contribution in [0.3, 0.4) is 0 Å². The summed E-state index contributed by atoms with van der Waals surface area (Å²) in [6.45, 7) is 6.60. The maximum absolute atomic E-state index is 13.0. The van der Waals surface area contributed by atoms with Crippen LogP contribution in [0.25, 0.3) is 0 Å². The number of hydrogen-bond donors (Lipinski definition) is 1. The first-order chi connectivity index (χ1) is 12.0. The lowest BCUT2D eigenvalue weighted by Gasteiger charge is -2.28. The Bertz CT molecular complexity index is 798. The van der Waals surface area contributed by atoms with Crippen LogP contribution in [-0.4, -0.2) is 22.8 Å². The van der Waals surface area contributed by atoms with Gasteiger partial charge in [-0.05, 0) is 42.5 Å². The normalized spacial score (nSPS) is 14.6. The molecule has 2 aromatic carbocycles. The van der Waals surface area contributed by atoms with Gasteiger partial charge in [0, 0.05) is 17.8 Å². The van der Waals surface area contributed by atoms with Crippen molar-refractivity contribution in [1.82, 2.24) is 4.90 Å². The lowest BCUT2D eigenvalue weighted by atomic mass is 10.0. The molecule has 3 rings (SSSR count). The van der Waals surface area contributed by atoms with E-state index < -0.39 is 6.04 Å². The molecule has 130 valence electrons. The average Bonchev–Trinajstić information content (AvgIpc) is 2.91. The van der Waals surface area contributed by atoms with Gasteiger partial charge in [0.25, 0.3) is 5.91 Å². The second-order valence-electron chi connectivity index (χ2n) is 7.04. The second-order valence-corrected chi connectivity index (χ2v) is 7.04. The molecular weight excluding hydrogens is 312 g/mol. The summed E-state index contributed by atoms with van der Waals surface area (Å²) in [5.41, 5.74) is 3.51. The molecule has 0 radical (unpaired) electrons. The van der Waals surface area contributed by atoms with E-state index in [4.69, 9.17) is 0 Å². The van der Waals surface area contributed by atoms with Gasteiger partial charge in [-0.15, -0.1) is 0 Å². The SMILES string of the molecule is Cc1ccccc1NC(=O)[C@@H](CC(C)C)N1Cc2ccccc2C1=O. The van der Waals surface area contributed by atoms with E-state index in [1.165, 1.54) is 0 Å². The predicted molar refractivity (Wildman–Crippen MR) is 99.4 cm³/mol. The standard InChI is InChI=1S/C21H24N2O2/c1-14(2)12-19(20(24)22-18-11-7-4-8-15(18)3)23-13-16-9-5-6-10-17(16)21(23)25/h4-11,14,19H,12-13H2,1-3H3,(H,22,24)/t19-/m1/s1. The molecule has 1 aliphatic rings. The lowest BCUT2D eigenvalue weighted by molar-refractivity contribution is -0.121. The van der Waals surface area contributed by atoms with Gasteiger partial charge < -0.3 is 10.2 Å². The summed E-state index contributed by atoms with van der Waals surface area (Å²) < 4.78 is 0. The Morgan fingerprint density at radius 1 is 1.12 bits per heavy atom. The number of fused-ring (bicyclic) bond motifs is 1. The maximum Gasteiger partial charge on any atom is 0.255 e. The molecule has 4 heteroatoms. The fraction of sp³-hybridized carbons (Fsp3) is 0.333. The summed E-state index contributed by atoms with van der Waals surface area (Å²) >= 11 is 0. The molecule has 0 spiro atoms. The van der Waals surface area contributed by atoms with E-state index in [1.807, 2.05) is 55.5 Å². The second kappa shape index (κ2) is 7.09. The third kappa shape index (κ3) is 3.58. The van der Waals surface area contributed by atoms with Gasteiger partial charge >= 0.3 is 0 Å². The largest absolute Gasteiger partial charge is 0.324 e. The Morgan fingerprint density at radius 2 is 1.80 bits per heavy atom. The van der Waals surface area contributed by atoms with Crippen molar-refractivity contribution in [3.05, 3.63) is 65.2 Å². The minimum Gasteiger partial charge on any atom is -0.324 e. The Morgan fingerprint density at radius 3 is 2.48 bits per heavy atom. The average molecular weight is 336 g/mol. The van der Waals surface area contributed by atoms with E-state index >= 15 is 0 Å². The van der Waals surface area contributed by atoms with E-state index in [-0.39, 0.29) is 11.8 Å². The molecule has 0 saturated carbocycles. The molecule has 1 aliphatic heterocycles. The summed E-state index contributed by atoms with van der Waals surface area (Å²) in [6.07, 6.45) is 0.636. The number of benzene rings is 2. The van der Waals surface area contributed by atoms with E-state index in [2.05, 4.69) is 19.2 Å². The van der Waals surface area contributed by atoms with Crippen molar-refractivity contribution < 1.29 is 9.59 Å². The highest BCUT2D eigenvalue weighted by atomic mass is 16.2. The fourth-order valence-corrected chi connectivity index (χ4v) is 3.28. The molecule has 1 atom stereocenters. The van der Waals surface area contributed by atoms with Crippen LogP contribution < -0.4 is 5.32 Å². The smallest absolute Gasteiger partial charge is 0.255 e. The van der Waals surface area contributed by atoms with Crippen LogP contribution in [-0.2, 0) is 11.3 Å². The van der Waals surface area contributed by atoms with Crippen LogP contribution >= 0.6 is 0 Å². The number of anilines is 1. The number of nitrogens with zero attached hydrogens (tertiary/aromatic N) is 1. The van der Waals surface area contributed by atoms with Crippen LogP contribution in [0.1, 0.15) is 41.8 Å². The molecule has 25 heavy (non-hydrogen) atoms. The third-order valence-electron chi connectivity index (χ3n) is 4.63. The molecule has 1 N–H and O–H groups in total. The molecule has 1 heterocycles. The minimum atomic E-state index is -0.473. The number of carbonyl (C=O) groups excluding carboxylic acids is 2. The summed E-state index contributed by atoms with van der Waals surface area (Å²) in [5, 5.41) is 3.01. The highest BCUT2D eigenvalue weighted by Gasteiger charge is 2.36. The van der Waals surface area contributed by atoms with Crippen molar-refractivity contribution in [3.63, 3.8) is 0 Å². The zero-order valence-electron chi connectivity index (χ0n) is 15.0. The highest BCUT2D eigenvalue weighted by Crippen LogP contribution is 2.27. The van der Waals surface area contributed by atoms with Gasteiger partial charge in [-0.3, -0.25) is 9.59 Å². The number of amides is 2. The summed E-state index contributed by atoms with van der Waals surface area (Å²) in [5.74, 6) is 0.134. The highest BCUT2D eigenvalue weighted by molar-refractivity contribution is 6.03. The Balaban J connectivity index is 1.84. The minimum absolute atomic E-state index is 0.0545. The summed E-state index contributed by atoms with van der Waals surface area (Å²) in [4.78, 5) is 27.5. The van der Waals surface area contributed by atoms with Crippen LogP contribution in [0.4, 0.5) is 5.69 Å². The fourth-order valence-electron chi connectivity index (χ4n) is 3.28. The Labute approximate surface area is 148 Å². The van der Waals surface area contributed by atoms with Gasteiger partial charge in [-0.25, -0.2) is 0 Å². The van der Waals surface area contributed by atoms with Gasteiger partial charge in [0.05, 0.1) is 0 Å². The lowest BCUT2D eigenvalue weighted by Crippen LogP contribution is -2.45. The van der Waals surface area contributed by atoms with Crippen molar-refractivity contribution >= 4 is 17.5 Å². The van der Waals surface area contributed by atoms with Crippen LogP contribution in [0, 0.1) is 12.8 Å². The van der Waals surface area contributed by atoms with Gasteiger partial charge in [-0.2, -0.15) is 0 Å². The van der Waals surface area contributed by atoms with E-state index in [9.17, 15) is 9.59 Å². The third-order valence-corrected chi connectivity index (χ3v) is 4.63. The van der Waals surface area contributed by atoms with Crippen LogP contribution in [0.5, 0.6) is 0 Å². The van der Waals surface area contributed by atoms with Crippen molar-refractivity contribution in [3.8, 4) is 0 Å². The molecule has 0 saturated heterocycles. The van der Waals surface area contributed by atoms with Crippen LogP contribution in [0.15, 0.2) is 48.5 Å². The quantitative estimate of drug-likeness (QED) is 0.897. The zero-order valence-corrected chi connectivity index (χ0v) is 15.0. The number of rotatable bonds is 5. The van der Waals surface area contributed by atoms with Gasteiger partial charge in [0.15, 0.2) is 0 Å². The first kappa shape index (κ1) is 17.2. The van der Waals surface area contributed by atoms with Crippen molar-refractivity contribution in [2.75, 3.05) is 5.32 Å². The number of carbonyl (C=O) groups is 2. The number of para-hydroxylation sites is 1. The van der Waals surface area contributed by atoms with Crippen molar-refractivity contribution in [2.24, 2.45) is 5.92 Å². The molecule has 2 aromatic rings. The zero-order chi connectivity index (χ0) is 18.0. The maximum atomic E-state index is 13.0. The predicted octanol–water partition coefficient (Wildman–Crippen LogP) is 4.00. The summed E-state index contributed by atoms with van der Waals surface area (Å²) in [7, 11) is 0. The Kier molecular flexibility index (Phi) is 4.88. The molecule has 0 bridgehead atoms. The molecule has 2 amide bonds. The molecular formula is C21H24N2O2. The van der Waals surface area contributed by atoms with Crippen LogP contribution in [0.2, 0.25) is 0 Å².